The molecule has 1 saturated heterocycles. The van der Waals surface area contributed by atoms with Gasteiger partial charge in [-0.25, -0.2) is 18.3 Å². The second-order valence-corrected chi connectivity index (χ2v) is 8.31. The molecule has 0 atom stereocenters. The Kier molecular flexibility index (Phi) is 4.16. The van der Waals surface area contributed by atoms with E-state index in [4.69, 9.17) is 6.85 Å². The zero-order valence-corrected chi connectivity index (χ0v) is 18.1. The van der Waals surface area contributed by atoms with Crippen LogP contribution in [0.2, 0.25) is 0 Å². The van der Waals surface area contributed by atoms with Crippen molar-refractivity contribution in [1.29, 1.82) is 0 Å². The highest BCUT2D eigenvalue weighted by Crippen LogP contribution is 2.37. The van der Waals surface area contributed by atoms with Crippen LogP contribution in [0.15, 0.2) is 41.9 Å². The normalized spacial score (nSPS) is 17.5. The number of aromatic nitrogens is 3. The van der Waals surface area contributed by atoms with Gasteiger partial charge in [0.15, 0.2) is 10.9 Å². The van der Waals surface area contributed by atoms with E-state index in [1.54, 1.807) is 35.5 Å². The summed E-state index contributed by atoms with van der Waals surface area (Å²) in [7, 11) is 1.64. The number of rotatable bonds is 5. The number of fused-ring (bicyclic) bond motifs is 1. The van der Waals surface area contributed by atoms with Gasteiger partial charge in [0.05, 0.1) is 34.5 Å². The van der Waals surface area contributed by atoms with Crippen LogP contribution in [0.4, 0.5) is 25.3 Å². The summed E-state index contributed by atoms with van der Waals surface area (Å²) in [5.74, 6) is -0.910. The van der Waals surface area contributed by atoms with Gasteiger partial charge in [-0.3, -0.25) is 0 Å². The minimum Gasteiger partial charge on any atom is -0.367 e. The zero-order valence-electron chi connectivity index (χ0n) is 22.3. The second kappa shape index (κ2) is 8.48. The lowest BCUT2D eigenvalue weighted by Gasteiger charge is -2.29. The molecule has 3 aromatic heterocycles. The molecule has 32 heavy (non-hydrogen) atoms. The summed E-state index contributed by atoms with van der Waals surface area (Å²) < 4.78 is 70.1. The van der Waals surface area contributed by atoms with Gasteiger partial charge in [0.1, 0.15) is 5.82 Å². The Bertz CT molecular complexity index is 1430. The molecule has 9 heteroatoms. The summed E-state index contributed by atoms with van der Waals surface area (Å²) in [6, 6.07) is 7.44. The van der Waals surface area contributed by atoms with Crippen molar-refractivity contribution in [3.63, 3.8) is 0 Å². The average Bonchev–Trinajstić information content (AvgIpc) is 3.49. The van der Waals surface area contributed by atoms with Crippen molar-refractivity contribution in [2.75, 3.05) is 43.0 Å². The van der Waals surface area contributed by atoms with Crippen molar-refractivity contribution in [3.8, 4) is 11.3 Å². The van der Waals surface area contributed by atoms with Crippen LogP contribution in [0.3, 0.4) is 0 Å². The summed E-state index contributed by atoms with van der Waals surface area (Å²) in [6.45, 7) is -0.474. The second-order valence-electron chi connectivity index (χ2n) is 7.48. The summed E-state index contributed by atoms with van der Waals surface area (Å²) in [6.07, 6.45) is -1.68. The van der Waals surface area contributed by atoms with Crippen LogP contribution >= 0.6 is 11.3 Å². The van der Waals surface area contributed by atoms with E-state index in [-0.39, 0.29) is 17.2 Å². The number of hydrogen-bond donors (Lipinski definition) is 1. The predicted octanol–water partition coefficient (Wildman–Crippen LogP) is 4.48. The van der Waals surface area contributed by atoms with Gasteiger partial charge in [-0.05, 0) is 36.7 Å². The molecular formula is C23H24F2N6S. The lowest BCUT2D eigenvalue weighted by Crippen LogP contribution is -2.43. The molecule has 5 rings (SSSR count). The van der Waals surface area contributed by atoms with Gasteiger partial charge >= 0.3 is 0 Å². The Morgan fingerprint density at radius 1 is 1.25 bits per heavy atom. The number of benzene rings is 1. The maximum absolute atomic E-state index is 15.1. The number of hydrogen-bond acceptors (Lipinski definition) is 6. The van der Waals surface area contributed by atoms with Crippen molar-refractivity contribution in [1.82, 2.24) is 19.9 Å². The maximum Gasteiger partial charge on any atom is 0.190 e. The van der Waals surface area contributed by atoms with Crippen LogP contribution in [0.25, 0.3) is 16.8 Å². The molecule has 1 N–H and O–H groups in total. The average molecular weight is 460 g/mol. The lowest BCUT2D eigenvalue weighted by atomic mass is 10.2. The third-order valence-corrected chi connectivity index (χ3v) is 6.42. The first-order valence-electron chi connectivity index (χ1n) is 12.6. The van der Waals surface area contributed by atoms with Crippen LogP contribution < -0.4 is 15.1 Å². The van der Waals surface area contributed by atoms with E-state index in [2.05, 4.69) is 15.4 Å². The number of piperazine rings is 1. The molecule has 0 saturated carbocycles. The largest absolute Gasteiger partial charge is 0.367 e. The van der Waals surface area contributed by atoms with E-state index in [0.717, 1.165) is 6.20 Å². The topological polar surface area (TPSA) is 48.7 Å². The Hall–Kier alpha value is -3.04. The number of aryl methyl sites for hydroxylation is 1. The van der Waals surface area contributed by atoms with Gasteiger partial charge in [0.2, 0.25) is 0 Å². The van der Waals surface area contributed by atoms with Crippen molar-refractivity contribution in [2.45, 2.75) is 13.2 Å². The molecule has 1 aliphatic rings. The van der Waals surface area contributed by atoms with E-state index in [0.29, 0.717) is 53.8 Å². The molecule has 0 spiro atoms. The number of pyridine rings is 1. The summed E-state index contributed by atoms with van der Waals surface area (Å²) in [4.78, 5) is 8.07. The van der Waals surface area contributed by atoms with Crippen LogP contribution in [0.1, 0.15) is 19.4 Å². The molecule has 4 heterocycles. The number of thiazole rings is 1. The Labute approximate surface area is 196 Å². The van der Waals surface area contributed by atoms with Crippen molar-refractivity contribution in [2.24, 2.45) is 0 Å². The fourth-order valence-corrected chi connectivity index (χ4v) is 4.68. The molecule has 1 aliphatic heterocycles. The van der Waals surface area contributed by atoms with Crippen LogP contribution in [0.5, 0.6) is 0 Å². The highest BCUT2D eigenvalue weighted by atomic mass is 32.1. The summed E-state index contributed by atoms with van der Waals surface area (Å²) in [5.41, 5.74) is 1.78. The Morgan fingerprint density at radius 2 is 2.03 bits per heavy atom. The number of anilines is 3. The van der Waals surface area contributed by atoms with Gasteiger partial charge < -0.3 is 15.1 Å². The third-order valence-electron chi connectivity index (χ3n) is 5.51. The van der Waals surface area contributed by atoms with E-state index in [9.17, 15) is 4.39 Å². The van der Waals surface area contributed by atoms with E-state index < -0.39 is 19.0 Å². The highest BCUT2D eigenvalue weighted by Gasteiger charge is 2.23. The molecule has 1 aromatic carbocycles. The number of nitrogens with zero attached hydrogens (tertiary/aromatic N) is 5. The standard InChI is InChI=1S/C23H24F2N6S/c1-3-18-22(29(2)23-27-19(14-32-23)15-4-6-16(24)7-5-15)21-12-20(17(25)13-31(21)28-18)30-10-8-26-9-11-30/h4-7,12-14,26H,3,8-11H2,1-2H3/i1D3,3D2. The van der Waals surface area contributed by atoms with Gasteiger partial charge in [-0.2, -0.15) is 5.10 Å². The van der Waals surface area contributed by atoms with E-state index in [1.165, 1.54) is 28.0 Å². The van der Waals surface area contributed by atoms with E-state index in [1.807, 2.05) is 4.90 Å². The summed E-state index contributed by atoms with van der Waals surface area (Å²) >= 11 is 1.25. The van der Waals surface area contributed by atoms with Crippen molar-refractivity contribution < 1.29 is 15.6 Å². The van der Waals surface area contributed by atoms with Gasteiger partial charge in [-0.1, -0.05) is 6.85 Å². The fourth-order valence-electron chi connectivity index (χ4n) is 3.87. The van der Waals surface area contributed by atoms with Crippen LogP contribution in [0, 0.1) is 11.6 Å². The predicted molar refractivity (Wildman–Crippen MR) is 125 cm³/mol. The summed E-state index contributed by atoms with van der Waals surface area (Å²) in [5, 5.41) is 9.65. The van der Waals surface area contributed by atoms with Crippen LogP contribution in [-0.2, 0) is 6.37 Å². The molecule has 0 bridgehead atoms. The molecular weight excluding hydrogens is 430 g/mol. The molecule has 0 radical (unpaired) electrons. The van der Waals surface area contributed by atoms with Crippen molar-refractivity contribution >= 4 is 33.4 Å². The molecule has 4 aromatic rings. The first kappa shape index (κ1) is 15.7. The maximum atomic E-state index is 15.1. The van der Waals surface area contributed by atoms with Gasteiger partial charge in [-0.15, -0.1) is 11.3 Å². The SMILES string of the molecule is [2H]C([2H])([2H])C([2H])([2H])c1nn2cc(F)c(N3CCNCC3)cc2c1N(C)c1nc(-c2ccc(F)cc2)cs1. The van der Waals surface area contributed by atoms with E-state index >= 15 is 4.39 Å². The smallest absolute Gasteiger partial charge is 0.190 e. The fraction of sp³-hybridized carbons (Fsp3) is 0.304. The third kappa shape index (κ3) is 3.71. The lowest BCUT2D eigenvalue weighted by molar-refractivity contribution is 0.562. The molecule has 6 nitrogen and oxygen atoms in total. The quantitative estimate of drug-likeness (QED) is 0.477. The molecule has 0 unspecified atom stereocenters. The Morgan fingerprint density at radius 3 is 2.78 bits per heavy atom. The molecule has 1 fully saturated rings. The number of halogens is 2. The zero-order chi connectivity index (χ0) is 26.5. The molecule has 0 aliphatic carbocycles. The molecule has 0 amide bonds. The first-order valence-corrected chi connectivity index (χ1v) is 11.0. The minimum absolute atomic E-state index is 0.178. The van der Waals surface area contributed by atoms with Gasteiger partial charge in [0, 0.05) is 51.0 Å². The van der Waals surface area contributed by atoms with Crippen LogP contribution in [-0.4, -0.2) is 47.8 Å². The van der Waals surface area contributed by atoms with Gasteiger partial charge in [0.25, 0.3) is 0 Å². The Balaban J connectivity index is 1.66. The highest BCUT2D eigenvalue weighted by molar-refractivity contribution is 7.14. The van der Waals surface area contributed by atoms with Crippen molar-refractivity contribution in [3.05, 3.63) is 59.2 Å². The first-order chi connectivity index (χ1) is 17.5. The molecule has 166 valence electrons. The number of nitrogens with one attached hydrogen (secondary N) is 1. The minimum atomic E-state index is -3.03. The monoisotopic (exact) mass is 459 g/mol.